The van der Waals surface area contributed by atoms with E-state index in [-0.39, 0.29) is 29.1 Å². The average Bonchev–Trinajstić information content (AvgIpc) is 2.65. The second-order valence-corrected chi connectivity index (χ2v) is 6.80. The molecule has 1 aromatic heterocycles. The number of benzene rings is 1. The van der Waals surface area contributed by atoms with Crippen molar-refractivity contribution in [2.45, 2.75) is 16.8 Å². The largest absolute Gasteiger partial charge is 0.496 e. The molecule has 0 N–H and O–H groups in total. The van der Waals surface area contributed by atoms with Crippen LogP contribution in [0.4, 0.5) is 0 Å². The normalized spacial score (nSPS) is 11.2. The SMILES string of the molecule is COc1cc(OC)nc(COS(=O)(=O)c2cccc(OC)c2CBr)n1. The Morgan fingerprint density at radius 3 is 2.20 bits per heavy atom. The van der Waals surface area contributed by atoms with Crippen LogP contribution in [0.2, 0.25) is 0 Å². The predicted octanol–water partition coefficient (Wildman–Crippen LogP) is 2.30. The van der Waals surface area contributed by atoms with E-state index < -0.39 is 10.1 Å². The van der Waals surface area contributed by atoms with Gasteiger partial charge in [0.25, 0.3) is 10.1 Å². The van der Waals surface area contributed by atoms with Crippen LogP contribution in [-0.4, -0.2) is 39.7 Å². The lowest BCUT2D eigenvalue weighted by Crippen LogP contribution is -2.11. The molecule has 25 heavy (non-hydrogen) atoms. The first-order chi connectivity index (χ1) is 11.9. The van der Waals surface area contributed by atoms with Gasteiger partial charge in [0.2, 0.25) is 11.8 Å². The number of rotatable bonds is 8. The number of alkyl halides is 1. The minimum atomic E-state index is -4.04. The summed E-state index contributed by atoms with van der Waals surface area (Å²) in [7, 11) is 0.287. The average molecular weight is 433 g/mol. The molecule has 0 aliphatic rings. The van der Waals surface area contributed by atoms with Crippen molar-refractivity contribution in [2.24, 2.45) is 0 Å². The fourth-order valence-corrected chi connectivity index (χ4v) is 3.89. The number of hydrogen-bond acceptors (Lipinski definition) is 8. The maximum atomic E-state index is 12.5. The van der Waals surface area contributed by atoms with Crippen LogP contribution >= 0.6 is 15.9 Å². The van der Waals surface area contributed by atoms with Crippen molar-refractivity contribution in [1.29, 1.82) is 0 Å². The van der Waals surface area contributed by atoms with Crippen LogP contribution in [0, 0.1) is 0 Å². The first-order valence-electron chi connectivity index (χ1n) is 7.02. The van der Waals surface area contributed by atoms with Crippen molar-refractivity contribution in [2.75, 3.05) is 21.3 Å². The summed E-state index contributed by atoms with van der Waals surface area (Å²) in [6.45, 7) is -0.366. The van der Waals surface area contributed by atoms with Gasteiger partial charge in [0.1, 0.15) is 17.3 Å². The van der Waals surface area contributed by atoms with Crippen LogP contribution < -0.4 is 14.2 Å². The van der Waals surface area contributed by atoms with Crippen molar-refractivity contribution in [3.63, 3.8) is 0 Å². The van der Waals surface area contributed by atoms with Crippen LogP contribution in [0.5, 0.6) is 17.5 Å². The molecule has 8 nitrogen and oxygen atoms in total. The molecule has 0 saturated heterocycles. The van der Waals surface area contributed by atoms with Gasteiger partial charge >= 0.3 is 0 Å². The summed E-state index contributed by atoms with van der Waals surface area (Å²) in [4.78, 5) is 8.08. The monoisotopic (exact) mass is 432 g/mol. The number of nitrogens with zero attached hydrogens (tertiary/aromatic N) is 2. The Morgan fingerprint density at radius 1 is 1.04 bits per heavy atom. The van der Waals surface area contributed by atoms with Gasteiger partial charge in [0, 0.05) is 10.9 Å². The van der Waals surface area contributed by atoms with E-state index in [4.69, 9.17) is 18.4 Å². The second-order valence-electron chi connectivity index (χ2n) is 4.66. The Hall–Kier alpha value is -1.91. The van der Waals surface area contributed by atoms with Crippen molar-refractivity contribution in [1.82, 2.24) is 9.97 Å². The smallest absolute Gasteiger partial charge is 0.297 e. The number of ether oxygens (including phenoxy) is 3. The Bertz CT molecular complexity index is 822. The van der Waals surface area contributed by atoms with Gasteiger partial charge in [-0.2, -0.15) is 18.4 Å². The molecule has 10 heteroatoms. The fourth-order valence-electron chi connectivity index (χ4n) is 2.02. The molecule has 0 atom stereocenters. The quantitative estimate of drug-likeness (QED) is 0.462. The third kappa shape index (κ3) is 4.59. The zero-order valence-corrected chi connectivity index (χ0v) is 16.3. The van der Waals surface area contributed by atoms with Gasteiger partial charge in [0.05, 0.1) is 27.4 Å². The molecule has 1 aromatic carbocycles. The third-order valence-corrected chi connectivity index (χ3v) is 5.11. The standard InChI is InChI=1S/C15H17BrN2O6S/c1-21-11-5-4-6-12(10(11)8-16)25(19,20)24-9-13-17-14(22-2)7-15(18-13)23-3/h4-7H,8-9H2,1-3H3. The summed E-state index contributed by atoms with van der Waals surface area (Å²) in [5.41, 5.74) is 0.467. The molecule has 0 saturated carbocycles. The minimum absolute atomic E-state index is 0.0126. The maximum Gasteiger partial charge on any atom is 0.297 e. The van der Waals surface area contributed by atoms with Crippen LogP contribution in [-0.2, 0) is 26.2 Å². The van der Waals surface area contributed by atoms with Gasteiger partial charge in [-0.15, -0.1) is 0 Å². The Balaban J connectivity index is 2.29. The van der Waals surface area contributed by atoms with Gasteiger partial charge in [0.15, 0.2) is 5.82 Å². The highest BCUT2D eigenvalue weighted by atomic mass is 79.9. The van der Waals surface area contributed by atoms with E-state index >= 15 is 0 Å². The molecule has 1 heterocycles. The topological polar surface area (TPSA) is 96.8 Å². The van der Waals surface area contributed by atoms with E-state index in [1.165, 1.54) is 33.5 Å². The number of hydrogen-bond donors (Lipinski definition) is 0. The molecular formula is C15H17BrN2O6S. The molecule has 136 valence electrons. The van der Waals surface area contributed by atoms with E-state index in [1.54, 1.807) is 12.1 Å². The lowest BCUT2D eigenvalue weighted by Gasteiger charge is -2.12. The Labute approximate surface area is 154 Å². The van der Waals surface area contributed by atoms with Gasteiger partial charge in [-0.1, -0.05) is 22.0 Å². The molecule has 0 radical (unpaired) electrons. The van der Waals surface area contributed by atoms with E-state index in [0.29, 0.717) is 16.6 Å². The summed E-state index contributed by atoms with van der Waals surface area (Å²) in [5.74, 6) is 1.04. The van der Waals surface area contributed by atoms with Gasteiger partial charge < -0.3 is 14.2 Å². The Morgan fingerprint density at radius 2 is 1.68 bits per heavy atom. The van der Waals surface area contributed by atoms with Crippen molar-refractivity contribution in [3.8, 4) is 17.5 Å². The summed E-state index contributed by atoms with van der Waals surface area (Å²) in [6.07, 6.45) is 0. The predicted molar refractivity (Wildman–Crippen MR) is 92.7 cm³/mol. The first-order valence-corrected chi connectivity index (χ1v) is 9.55. The van der Waals surface area contributed by atoms with Gasteiger partial charge in [-0.3, -0.25) is 4.18 Å². The second kappa shape index (κ2) is 8.45. The zero-order valence-electron chi connectivity index (χ0n) is 13.9. The first kappa shape index (κ1) is 19.4. The molecular weight excluding hydrogens is 416 g/mol. The Kier molecular flexibility index (Phi) is 6.57. The highest BCUT2D eigenvalue weighted by Crippen LogP contribution is 2.29. The van der Waals surface area contributed by atoms with Crippen LogP contribution in [0.1, 0.15) is 11.4 Å². The molecule has 0 amide bonds. The number of aromatic nitrogens is 2. The molecule has 0 aliphatic carbocycles. The molecule has 2 rings (SSSR count). The lowest BCUT2D eigenvalue weighted by atomic mass is 10.2. The van der Waals surface area contributed by atoms with E-state index in [0.717, 1.165) is 0 Å². The van der Waals surface area contributed by atoms with Gasteiger partial charge in [-0.25, -0.2) is 0 Å². The van der Waals surface area contributed by atoms with E-state index in [1.807, 2.05) is 0 Å². The molecule has 2 aromatic rings. The fraction of sp³-hybridized carbons (Fsp3) is 0.333. The van der Waals surface area contributed by atoms with Crippen LogP contribution in [0.15, 0.2) is 29.2 Å². The summed E-state index contributed by atoms with van der Waals surface area (Å²) < 4.78 is 45.4. The number of halogens is 1. The maximum absolute atomic E-state index is 12.5. The lowest BCUT2D eigenvalue weighted by molar-refractivity contribution is 0.289. The van der Waals surface area contributed by atoms with E-state index in [9.17, 15) is 8.42 Å². The van der Waals surface area contributed by atoms with Crippen molar-refractivity contribution >= 4 is 26.0 Å². The van der Waals surface area contributed by atoms with Crippen molar-refractivity contribution in [3.05, 3.63) is 35.7 Å². The number of methoxy groups -OCH3 is 3. The highest BCUT2D eigenvalue weighted by Gasteiger charge is 2.22. The van der Waals surface area contributed by atoms with Gasteiger partial charge in [-0.05, 0) is 12.1 Å². The molecule has 0 bridgehead atoms. The molecule has 0 fully saturated rings. The van der Waals surface area contributed by atoms with E-state index in [2.05, 4.69) is 25.9 Å². The molecule has 0 aliphatic heterocycles. The highest BCUT2D eigenvalue weighted by molar-refractivity contribution is 9.08. The third-order valence-electron chi connectivity index (χ3n) is 3.20. The molecule has 0 unspecified atom stereocenters. The van der Waals surface area contributed by atoms with Crippen molar-refractivity contribution < 1.29 is 26.8 Å². The summed E-state index contributed by atoms with van der Waals surface area (Å²) >= 11 is 3.27. The zero-order chi connectivity index (χ0) is 18.4. The van der Waals surface area contributed by atoms with Crippen LogP contribution in [0.25, 0.3) is 0 Å². The summed E-state index contributed by atoms with van der Waals surface area (Å²) in [5, 5.41) is 0.290. The van der Waals surface area contributed by atoms with Crippen LogP contribution in [0.3, 0.4) is 0 Å². The molecule has 0 spiro atoms. The minimum Gasteiger partial charge on any atom is -0.496 e. The summed E-state index contributed by atoms with van der Waals surface area (Å²) in [6, 6.07) is 6.17.